The third kappa shape index (κ3) is 3.64. The zero-order valence-corrected chi connectivity index (χ0v) is 10.7. The van der Waals surface area contributed by atoms with Crippen LogP contribution in [0.1, 0.15) is 57.3 Å². The lowest BCUT2D eigenvalue weighted by molar-refractivity contribution is 0.144. The van der Waals surface area contributed by atoms with Crippen molar-refractivity contribution in [2.24, 2.45) is 5.92 Å². The van der Waals surface area contributed by atoms with Crippen LogP contribution in [-0.4, -0.2) is 5.11 Å². The molecule has 0 aliphatic carbocycles. The molecule has 1 nitrogen and oxygen atoms in total. The molecule has 1 heteroatoms. The van der Waals surface area contributed by atoms with Gasteiger partial charge in [0.2, 0.25) is 0 Å². The first-order valence-corrected chi connectivity index (χ1v) is 6.44. The second kappa shape index (κ2) is 6.70. The molecule has 2 unspecified atom stereocenters. The zero-order valence-electron chi connectivity index (χ0n) is 10.7. The first-order valence-electron chi connectivity index (χ1n) is 6.44. The molecule has 0 heterocycles. The molecular formula is C15H24O. The highest BCUT2D eigenvalue weighted by atomic mass is 16.3. The van der Waals surface area contributed by atoms with Gasteiger partial charge in [-0.2, -0.15) is 0 Å². The number of aliphatic hydroxyl groups excluding tert-OH is 1. The molecule has 0 aliphatic heterocycles. The predicted molar refractivity (Wildman–Crippen MR) is 69.5 cm³/mol. The first kappa shape index (κ1) is 13.2. The molecule has 0 radical (unpaired) electrons. The van der Waals surface area contributed by atoms with Crippen LogP contribution in [0.4, 0.5) is 0 Å². The van der Waals surface area contributed by atoms with Crippen LogP contribution >= 0.6 is 0 Å². The lowest BCUT2D eigenvalue weighted by Gasteiger charge is -2.18. The molecule has 1 N–H and O–H groups in total. The van der Waals surface area contributed by atoms with Crippen LogP contribution in [0.3, 0.4) is 0 Å². The molecule has 1 rings (SSSR count). The zero-order chi connectivity index (χ0) is 12.0. The van der Waals surface area contributed by atoms with Crippen LogP contribution in [0.15, 0.2) is 24.3 Å². The Bertz CT molecular complexity index is 306. The molecule has 0 saturated heterocycles. The summed E-state index contributed by atoms with van der Waals surface area (Å²) in [5, 5.41) is 10.2. The topological polar surface area (TPSA) is 20.2 Å². The number of rotatable bonds is 6. The van der Waals surface area contributed by atoms with Crippen molar-refractivity contribution in [2.45, 2.75) is 52.6 Å². The van der Waals surface area contributed by atoms with Gasteiger partial charge >= 0.3 is 0 Å². The van der Waals surface area contributed by atoms with E-state index in [1.165, 1.54) is 18.4 Å². The summed E-state index contributed by atoms with van der Waals surface area (Å²) in [6, 6.07) is 8.23. The summed E-state index contributed by atoms with van der Waals surface area (Å²) >= 11 is 0. The lowest BCUT2D eigenvalue weighted by atomic mass is 9.92. The number of hydrogen-bond donors (Lipinski definition) is 1. The van der Waals surface area contributed by atoms with Gasteiger partial charge in [-0.1, -0.05) is 57.9 Å². The molecule has 0 aliphatic rings. The molecule has 0 saturated carbocycles. The van der Waals surface area contributed by atoms with Crippen molar-refractivity contribution in [2.75, 3.05) is 0 Å². The maximum Gasteiger partial charge on any atom is 0.0795 e. The van der Waals surface area contributed by atoms with Gasteiger partial charge in [-0.25, -0.2) is 0 Å². The lowest BCUT2D eigenvalue weighted by Crippen LogP contribution is -2.06. The van der Waals surface area contributed by atoms with Gasteiger partial charge in [0.05, 0.1) is 6.10 Å². The van der Waals surface area contributed by atoms with Crippen LogP contribution in [-0.2, 0) is 6.42 Å². The molecule has 0 amide bonds. The molecule has 1 aromatic rings. The van der Waals surface area contributed by atoms with Gasteiger partial charge in [-0.3, -0.25) is 0 Å². The van der Waals surface area contributed by atoms with E-state index in [4.69, 9.17) is 0 Å². The Kier molecular flexibility index (Phi) is 5.54. The van der Waals surface area contributed by atoms with Crippen LogP contribution < -0.4 is 0 Å². The van der Waals surface area contributed by atoms with Crippen molar-refractivity contribution in [1.82, 2.24) is 0 Å². The Hall–Kier alpha value is -0.820. The number of hydrogen-bond acceptors (Lipinski definition) is 1. The van der Waals surface area contributed by atoms with E-state index in [1.54, 1.807) is 0 Å². The van der Waals surface area contributed by atoms with Crippen molar-refractivity contribution in [1.29, 1.82) is 0 Å². The molecule has 0 aromatic heterocycles. The average Bonchev–Trinajstić information content (AvgIpc) is 2.29. The maximum atomic E-state index is 10.2. The van der Waals surface area contributed by atoms with Gasteiger partial charge in [0.25, 0.3) is 0 Å². The first-order chi connectivity index (χ1) is 7.69. The highest BCUT2D eigenvalue weighted by Gasteiger charge is 2.14. The van der Waals surface area contributed by atoms with Crippen molar-refractivity contribution < 1.29 is 5.11 Å². The number of aliphatic hydroxyl groups is 1. The summed E-state index contributed by atoms with van der Waals surface area (Å²) < 4.78 is 0. The van der Waals surface area contributed by atoms with Crippen molar-refractivity contribution in [3.8, 4) is 0 Å². The molecule has 2 atom stereocenters. The fourth-order valence-electron chi connectivity index (χ4n) is 2.30. The van der Waals surface area contributed by atoms with Crippen molar-refractivity contribution >= 4 is 0 Å². The summed E-state index contributed by atoms with van der Waals surface area (Å²) in [4.78, 5) is 0. The standard InChI is InChI=1S/C15H24O/c1-4-8-12(3)11-15(16)14-10-7-6-9-13(14)5-2/h6-7,9-10,12,15-16H,4-5,8,11H2,1-3H3. The molecule has 0 fully saturated rings. The Morgan fingerprint density at radius 2 is 1.88 bits per heavy atom. The van der Waals surface area contributed by atoms with E-state index in [2.05, 4.69) is 32.9 Å². The van der Waals surface area contributed by atoms with Gasteiger partial charge in [-0.15, -0.1) is 0 Å². The largest absolute Gasteiger partial charge is 0.388 e. The molecular weight excluding hydrogens is 196 g/mol. The van der Waals surface area contributed by atoms with Gasteiger partial charge in [0.15, 0.2) is 0 Å². The third-order valence-electron chi connectivity index (χ3n) is 3.20. The maximum absolute atomic E-state index is 10.2. The average molecular weight is 220 g/mol. The van der Waals surface area contributed by atoms with E-state index in [-0.39, 0.29) is 6.10 Å². The Morgan fingerprint density at radius 1 is 1.19 bits per heavy atom. The molecule has 1 aromatic carbocycles. The Balaban J connectivity index is 2.68. The van der Waals surface area contributed by atoms with Gasteiger partial charge in [-0.05, 0) is 29.9 Å². The van der Waals surface area contributed by atoms with Crippen molar-refractivity contribution in [3.05, 3.63) is 35.4 Å². The Labute approximate surface area is 99.5 Å². The van der Waals surface area contributed by atoms with Crippen LogP contribution in [0.25, 0.3) is 0 Å². The third-order valence-corrected chi connectivity index (χ3v) is 3.20. The highest BCUT2D eigenvalue weighted by Crippen LogP contribution is 2.26. The molecule has 90 valence electrons. The number of benzene rings is 1. The summed E-state index contributed by atoms with van der Waals surface area (Å²) in [5.41, 5.74) is 2.40. The number of aryl methyl sites for hydroxylation is 1. The minimum atomic E-state index is -0.294. The molecule has 0 spiro atoms. The predicted octanol–water partition coefficient (Wildman–Crippen LogP) is 4.11. The minimum absolute atomic E-state index is 0.294. The molecule has 0 bridgehead atoms. The van der Waals surface area contributed by atoms with Crippen molar-refractivity contribution in [3.63, 3.8) is 0 Å². The smallest absolute Gasteiger partial charge is 0.0795 e. The monoisotopic (exact) mass is 220 g/mol. The minimum Gasteiger partial charge on any atom is -0.388 e. The van der Waals surface area contributed by atoms with E-state index in [0.717, 1.165) is 18.4 Å². The van der Waals surface area contributed by atoms with Crippen LogP contribution in [0.2, 0.25) is 0 Å². The summed E-state index contributed by atoms with van der Waals surface area (Å²) in [6.07, 6.45) is 3.98. The van der Waals surface area contributed by atoms with E-state index in [0.29, 0.717) is 5.92 Å². The normalized spacial score (nSPS) is 14.8. The van der Waals surface area contributed by atoms with Gasteiger partial charge in [0.1, 0.15) is 0 Å². The summed E-state index contributed by atoms with van der Waals surface area (Å²) in [5.74, 6) is 0.602. The molecule has 16 heavy (non-hydrogen) atoms. The van der Waals surface area contributed by atoms with E-state index >= 15 is 0 Å². The fourth-order valence-corrected chi connectivity index (χ4v) is 2.30. The summed E-state index contributed by atoms with van der Waals surface area (Å²) in [7, 11) is 0. The fraction of sp³-hybridized carbons (Fsp3) is 0.600. The van der Waals surface area contributed by atoms with Gasteiger partial charge < -0.3 is 5.11 Å². The second-order valence-electron chi connectivity index (χ2n) is 4.70. The van der Waals surface area contributed by atoms with E-state index in [1.807, 2.05) is 12.1 Å². The SMILES string of the molecule is CCCC(C)CC(O)c1ccccc1CC. The quantitative estimate of drug-likeness (QED) is 0.765. The summed E-state index contributed by atoms with van der Waals surface area (Å²) in [6.45, 7) is 6.56. The van der Waals surface area contributed by atoms with Crippen LogP contribution in [0, 0.1) is 5.92 Å². The second-order valence-corrected chi connectivity index (χ2v) is 4.70. The Morgan fingerprint density at radius 3 is 2.50 bits per heavy atom. The van der Waals surface area contributed by atoms with Crippen LogP contribution in [0.5, 0.6) is 0 Å². The van der Waals surface area contributed by atoms with E-state index in [9.17, 15) is 5.11 Å². The van der Waals surface area contributed by atoms with E-state index < -0.39 is 0 Å². The van der Waals surface area contributed by atoms with Gasteiger partial charge in [0, 0.05) is 0 Å². The highest BCUT2D eigenvalue weighted by molar-refractivity contribution is 5.28.